The molecule has 0 bridgehead atoms. The third-order valence-electron chi connectivity index (χ3n) is 2.94. The van der Waals surface area contributed by atoms with E-state index in [1.807, 2.05) is 0 Å². The average Bonchev–Trinajstić information content (AvgIpc) is 2.44. The Bertz CT molecular complexity index is 277. The molecule has 1 fully saturated rings. The largest absolute Gasteiger partial charge is 0.370 e. The first-order valence-electron chi connectivity index (χ1n) is 6.06. The van der Waals surface area contributed by atoms with Crippen molar-refractivity contribution in [1.29, 1.82) is 0 Å². The highest BCUT2D eigenvalue weighted by atomic mass is 19.3. The topological polar surface area (TPSA) is 50.4 Å². The molecule has 0 amide bonds. The average molecular weight is 245 g/mol. The van der Waals surface area contributed by atoms with Gasteiger partial charge in [0.15, 0.2) is 5.96 Å². The van der Waals surface area contributed by atoms with Crippen LogP contribution in [0.5, 0.6) is 0 Å². The molecule has 1 saturated carbocycles. The molecule has 1 rings (SSSR count). The number of hydrogen-bond donors (Lipinski definition) is 2. The second-order valence-electron chi connectivity index (χ2n) is 4.57. The number of aliphatic imine (C=N–C) groups is 1. The monoisotopic (exact) mass is 245 g/mol. The molecule has 5 heteroatoms. The Hall–Kier alpha value is -1.13. The lowest BCUT2D eigenvalue weighted by atomic mass is 9.99. The summed E-state index contributed by atoms with van der Waals surface area (Å²) in [6, 6.07) is 0. The van der Waals surface area contributed by atoms with Gasteiger partial charge in [-0.05, 0) is 18.8 Å². The third-order valence-corrected chi connectivity index (χ3v) is 2.94. The number of guanidine groups is 1. The fourth-order valence-electron chi connectivity index (χ4n) is 2.06. The molecular weight excluding hydrogens is 224 g/mol. The van der Waals surface area contributed by atoms with Gasteiger partial charge in [-0.3, -0.25) is 4.99 Å². The molecule has 0 radical (unpaired) electrons. The van der Waals surface area contributed by atoms with Gasteiger partial charge in [0.1, 0.15) is 0 Å². The SMILES string of the molecule is C=CCNC(N)=NCC1CCCCC(F)(F)C1. The summed E-state index contributed by atoms with van der Waals surface area (Å²) >= 11 is 0. The Kier molecular flexibility index (Phi) is 5.38. The first-order valence-corrected chi connectivity index (χ1v) is 6.06. The lowest BCUT2D eigenvalue weighted by molar-refractivity contribution is -0.0241. The fourth-order valence-corrected chi connectivity index (χ4v) is 2.06. The number of hydrogen-bond acceptors (Lipinski definition) is 1. The molecule has 0 aromatic heterocycles. The van der Waals surface area contributed by atoms with Crippen LogP contribution in [-0.2, 0) is 0 Å². The number of nitrogens with one attached hydrogen (secondary N) is 1. The van der Waals surface area contributed by atoms with Crippen LogP contribution in [0.15, 0.2) is 17.6 Å². The minimum Gasteiger partial charge on any atom is -0.370 e. The Morgan fingerprint density at radius 2 is 2.29 bits per heavy atom. The first kappa shape index (κ1) is 13.9. The Balaban J connectivity index is 2.41. The predicted octanol–water partition coefficient (Wildman–Crippen LogP) is 2.29. The van der Waals surface area contributed by atoms with Crippen molar-refractivity contribution >= 4 is 5.96 Å². The highest BCUT2D eigenvalue weighted by molar-refractivity contribution is 5.77. The molecule has 1 aliphatic rings. The van der Waals surface area contributed by atoms with E-state index in [2.05, 4.69) is 16.9 Å². The van der Waals surface area contributed by atoms with Gasteiger partial charge in [0.2, 0.25) is 5.92 Å². The van der Waals surface area contributed by atoms with Gasteiger partial charge in [-0.2, -0.15) is 0 Å². The zero-order chi connectivity index (χ0) is 12.7. The van der Waals surface area contributed by atoms with Crippen LogP contribution in [0, 0.1) is 5.92 Å². The maximum Gasteiger partial charge on any atom is 0.248 e. The lowest BCUT2D eigenvalue weighted by Crippen LogP contribution is -2.32. The summed E-state index contributed by atoms with van der Waals surface area (Å²) in [5, 5.41) is 2.83. The molecule has 0 aromatic rings. The van der Waals surface area contributed by atoms with E-state index in [1.165, 1.54) is 0 Å². The second kappa shape index (κ2) is 6.57. The van der Waals surface area contributed by atoms with Crippen LogP contribution >= 0.6 is 0 Å². The molecular formula is C12H21F2N3. The molecule has 0 heterocycles. The number of halogens is 2. The standard InChI is InChI=1S/C12H21F2N3/c1-2-7-16-11(15)17-9-10-5-3-4-6-12(13,14)8-10/h2,10H,1,3-9H2,(H3,15,16,17). The lowest BCUT2D eigenvalue weighted by Gasteiger charge is -2.18. The van der Waals surface area contributed by atoms with E-state index in [4.69, 9.17) is 5.73 Å². The van der Waals surface area contributed by atoms with E-state index in [-0.39, 0.29) is 18.8 Å². The van der Waals surface area contributed by atoms with Gasteiger partial charge in [0.05, 0.1) is 0 Å². The molecule has 3 N–H and O–H groups in total. The highest BCUT2D eigenvalue weighted by Gasteiger charge is 2.34. The molecule has 17 heavy (non-hydrogen) atoms. The van der Waals surface area contributed by atoms with Gasteiger partial charge in [0, 0.05) is 25.9 Å². The molecule has 1 atom stereocenters. The maximum absolute atomic E-state index is 13.3. The van der Waals surface area contributed by atoms with E-state index in [0.717, 1.165) is 12.8 Å². The number of nitrogens with zero attached hydrogens (tertiary/aromatic N) is 1. The van der Waals surface area contributed by atoms with E-state index >= 15 is 0 Å². The molecule has 3 nitrogen and oxygen atoms in total. The van der Waals surface area contributed by atoms with Crippen LogP contribution in [0.1, 0.15) is 32.1 Å². The van der Waals surface area contributed by atoms with Gasteiger partial charge >= 0.3 is 0 Å². The minimum atomic E-state index is -2.53. The van der Waals surface area contributed by atoms with Crippen molar-refractivity contribution in [3.8, 4) is 0 Å². The van der Waals surface area contributed by atoms with Crippen molar-refractivity contribution in [2.75, 3.05) is 13.1 Å². The van der Waals surface area contributed by atoms with Crippen LogP contribution in [0.2, 0.25) is 0 Å². The third kappa shape index (κ3) is 5.65. The van der Waals surface area contributed by atoms with Crippen molar-refractivity contribution in [2.45, 2.75) is 38.0 Å². The van der Waals surface area contributed by atoms with E-state index in [0.29, 0.717) is 25.5 Å². The summed E-state index contributed by atoms with van der Waals surface area (Å²) in [6.45, 7) is 4.46. The van der Waals surface area contributed by atoms with Crippen LogP contribution in [0.4, 0.5) is 8.78 Å². The van der Waals surface area contributed by atoms with Gasteiger partial charge in [0.25, 0.3) is 0 Å². The molecule has 1 unspecified atom stereocenters. The Morgan fingerprint density at radius 1 is 1.53 bits per heavy atom. The van der Waals surface area contributed by atoms with Crippen LogP contribution in [-0.4, -0.2) is 25.0 Å². The fraction of sp³-hybridized carbons (Fsp3) is 0.750. The first-order chi connectivity index (χ1) is 8.03. The van der Waals surface area contributed by atoms with Gasteiger partial charge in [-0.25, -0.2) is 8.78 Å². The van der Waals surface area contributed by atoms with Crippen LogP contribution in [0.3, 0.4) is 0 Å². The zero-order valence-electron chi connectivity index (χ0n) is 10.1. The summed E-state index contributed by atoms with van der Waals surface area (Å²) in [5.41, 5.74) is 5.59. The maximum atomic E-state index is 13.3. The van der Waals surface area contributed by atoms with E-state index < -0.39 is 5.92 Å². The minimum absolute atomic E-state index is 0.0113. The number of alkyl halides is 2. The molecule has 0 spiro atoms. The summed E-state index contributed by atoms with van der Waals surface area (Å²) in [5.74, 6) is -2.28. The molecule has 98 valence electrons. The van der Waals surface area contributed by atoms with Crippen LogP contribution in [0.25, 0.3) is 0 Å². The van der Waals surface area contributed by atoms with Crippen molar-refractivity contribution in [3.63, 3.8) is 0 Å². The van der Waals surface area contributed by atoms with Crippen LogP contribution < -0.4 is 11.1 Å². The van der Waals surface area contributed by atoms with Gasteiger partial charge < -0.3 is 11.1 Å². The van der Waals surface area contributed by atoms with Crippen molar-refractivity contribution in [2.24, 2.45) is 16.6 Å². The normalized spacial score (nSPS) is 25.1. The Labute approximate surface area is 101 Å². The summed E-state index contributed by atoms with van der Waals surface area (Å²) in [4.78, 5) is 4.09. The van der Waals surface area contributed by atoms with E-state index in [9.17, 15) is 8.78 Å². The van der Waals surface area contributed by atoms with Crippen molar-refractivity contribution < 1.29 is 8.78 Å². The highest BCUT2D eigenvalue weighted by Crippen LogP contribution is 2.35. The number of rotatable bonds is 4. The molecule has 0 aliphatic heterocycles. The number of nitrogens with two attached hydrogens (primary N) is 1. The quantitative estimate of drug-likeness (QED) is 0.345. The Morgan fingerprint density at radius 3 is 3.00 bits per heavy atom. The van der Waals surface area contributed by atoms with Gasteiger partial charge in [-0.15, -0.1) is 6.58 Å². The molecule has 1 aliphatic carbocycles. The van der Waals surface area contributed by atoms with Crippen molar-refractivity contribution in [3.05, 3.63) is 12.7 Å². The van der Waals surface area contributed by atoms with E-state index in [1.54, 1.807) is 6.08 Å². The summed E-state index contributed by atoms with van der Waals surface area (Å²) in [6.07, 6.45) is 3.89. The van der Waals surface area contributed by atoms with Gasteiger partial charge in [-0.1, -0.05) is 12.5 Å². The summed E-state index contributed by atoms with van der Waals surface area (Å²) in [7, 11) is 0. The predicted molar refractivity (Wildman–Crippen MR) is 66.2 cm³/mol. The summed E-state index contributed by atoms with van der Waals surface area (Å²) < 4.78 is 26.7. The second-order valence-corrected chi connectivity index (χ2v) is 4.57. The molecule has 0 aromatic carbocycles. The smallest absolute Gasteiger partial charge is 0.248 e. The zero-order valence-corrected chi connectivity index (χ0v) is 10.1. The van der Waals surface area contributed by atoms with Crippen molar-refractivity contribution in [1.82, 2.24) is 5.32 Å². The molecule has 0 saturated heterocycles.